The largest absolute Gasteiger partial charge is 0.310 e. The molecule has 5 nitrogen and oxygen atoms in total. The van der Waals surface area contributed by atoms with Gasteiger partial charge in [-0.2, -0.15) is 5.10 Å². The van der Waals surface area contributed by atoms with Gasteiger partial charge in [-0.15, -0.1) is 10.2 Å². The monoisotopic (exact) mass is 227 g/mol. The lowest BCUT2D eigenvalue weighted by atomic mass is 10.2. The Morgan fingerprint density at radius 1 is 1.24 bits per heavy atom. The van der Waals surface area contributed by atoms with Gasteiger partial charge in [-0.25, -0.2) is 0 Å². The fourth-order valence-corrected chi connectivity index (χ4v) is 1.92. The first-order valence-electron chi connectivity index (χ1n) is 5.60. The molecule has 0 spiro atoms. The van der Waals surface area contributed by atoms with E-state index in [-0.39, 0.29) is 0 Å². The molecule has 5 heteroatoms. The summed E-state index contributed by atoms with van der Waals surface area (Å²) in [5.41, 5.74) is 1.87. The average molecular weight is 227 g/mol. The third kappa shape index (κ3) is 1.51. The van der Waals surface area contributed by atoms with Crippen molar-refractivity contribution in [3.8, 4) is 11.5 Å². The molecule has 3 aromatic rings. The zero-order valence-electron chi connectivity index (χ0n) is 9.75. The Balaban J connectivity index is 2.24. The van der Waals surface area contributed by atoms with E-state index >= 15 is 0 Å². The summed E-state index contributed by atoms with van der Waals surface area (Å²) in [4.78, 5) is 0. The molecule has 0 radical (unpaired) electrons. The summed E-state index contributed by atoms with van der Waals surface area (Å²) in [5, 5.41) is 16.5. The van der Waals surface area contributed by atoms with E-state index in [1.165, 1.54) is 0 Å². The molecule has 86 valence electrons. The Labute approximate surface area is 98.5 Å². The van der Waals surface area contributed by atoms with Crippen LogP contribution in [0.5, 0.6) is 0 Å². The molecule has 1 N–H and O–H groups in total. The van der Waals surface area contributed by atoms with Crippen LogP contribution in [0.2, 0.25) is 0 Å². The number of para-hydroxylation sites is 1. The standard InChI is InChI=1S/C12H13N5/c1-8(2)17-7-13-16-12(17)11-9-5-3-4-6-10(9)14-15-11/h3-8H,1-2H3,(H,14,15). The average Bonchev–Trinajstić information content (AvgIpc) is 2.94. The molecular formula is C12H13N5. The van der Waals surface area contributed by atoms with Crippen LogP contribution in [-0.4, -0.2) is 25.0 Å². The van der Waals surface area contributed by atoms with Crippen molar-refractivity contribution in [3.05, 3.63) is 30.6 Å². The minimum absolute atomic E-state index is 0.315. The van der Waals surface area contributed by atoms with E-state index in [0.717, 1.165) is 22.4 Å². The predicted molar refractivity (Wildman–Crippen MR) is 65.5 cm³/mol. The third-order valence-corrected chi connectivity index (χ3v) is 2.81. The molecule has 0 unspecified atom stereocenters. The molecule has 2 heterocycles. The van der Waals surface area contributed by atoms with E-state index < -0.39 is 0 Å². The molecule has 1 aromatic carbocycles. The summed E-state index contributed by atoms with van der Waals surface area (Å²) < 4.78 is 2.02. The Bertz CT molecular complexity index is 650. The summed E-state index contributed by atoms with van der Waals surface area (Å²) in [6.45, 7) is 4.20. The number of H-pyrrole nitrogens is 1. The minimum Gasteiger partial charge on any atom is -0.310 e. The molecule has 0 aliphatic rings. The van der Waals surface area contributed by atoms with Crippen molar-refractivity contribution in [1.29, 1.82) is 0 Å². The first-order chi connectivity index (χ1) is 8.27. The van der Waals surface area contributed by atoms with Gasteiger partial charge >= 0.3 is 0 Å². The zero-order chi connectivity index (χ0) is 11.8. The summed E-state index contributed by atoms with van der Waals surface area (Å²) in [6, 6.07) is 8.33. The van der Waals surface area contributed by atoms with Gasteiger partial charge in [0.1, 0.15) is 12.0 Å². The molecule has 0 saturated carbocycles. The quantitative estimate of drug-likeness (QED) is 0.731. The van der Waals surface area contributed by atoms with Gasteiger partial charge in [0.05, 0.1) is 5.52 Å². The smallest absolute Gasteiger partial charge is 0.185 e. The van der Waals surface area contributed by atoms with E-state index in [4.69, 9.17) is 0 Å². The van der Waals surface area contributed by atoms with Crippen molar-refractivity contribution < 1.29 is 0 Å². The second-order valence-corrected chi connectivity index (χ2v) is 4.27. The van der Waals surface area contributed by atoms with Crippen molar-refractivity contribution in [1.82, 2.24) is 25.0 Å². The fourth-order valence-electron chi connectivity index (χ4n) is 1.92. The van der Waals surface area contributed by atoms with Crippen LogP contribution in [0.1, 0.15) is 19.9 Å². The maximum absolute atomic E-state index is 4.33. The highest BCUT2D eigenvalue weighted by Gasteiger charge is 2.15. The van der Waals surface area contributed by atoms with Gasteiger partial charge in [0.2, 0.25) is 0 Å². The maximum atomic E-state index is 4.33. The van der Waals surface area contributed by atoms with Crippen LogP contribution in [0.4, 0.5) is 0 Å². The van der Waals surface area contributed by atoms with Gasteiger partial charge in [-0.3, -0.25) is 5.10 Å². The Hall–Kier alpha value is -2.17. The third-order valence-electron chi connectivity index (χ3n) is 2.81. The molecular weight excluding hydrogens is 214 g/mol. The van der Waals surface area contributed by atoms with E-state index in [1.807, 2.05) is 28.8 Å². The Morgan fingerprint density at radius 3 is 2.88 bits per heavy atom. The van der Waals surface area contributed by atoms with Gasteiger partial charge in [-0.1, -0.05) is 18.2 Å². The maximum Gasteiger partial charge on any atom is 0.185 e. The van der Waals surface area contributed by atoms with Crippen LogP contribution in [-0.2, 0) is 0 Å². The van der Waals surface area contributed by atoms with Gasteiger partial charge in [0.15, 0.2) is 5.82 Å². The topological polar surface area (TPSA) is 59.4 Å². The summed E-state index contributed by atoms with van der Waals surface area (Å²) in [6.07, 6.45) is 1.74. The number of nitrogens with one attached hydrogen (secondary N) is 1. The lowest BCUT2D eigenvalue weighted by molar-refractivity contribution is 0.603. The molecule has 0 bridgehead atoms. The number of hydrogen-bond donors (Lipinski definition) is 1. The number of fused-ring (bicyclic) bond motifs is 1. The second kappa shape index (κ2) is 3.69. The van der Waals surface area contributed by atoms with Crippen LogP contribution >= 0.6 is 0 Å². The second-order valence-electron chi connectivity index (χ2n) is 4.27. The number of aromatic amines is 1. The van der Waals surface area contributed by atoms with Crippen LogP contribution in [0.15, 0.2) is 30.6 Å². The highest BCUT2D eigenvalue weighted by molar-refractivity contribution is 5.90. The summed E-state index contributed by atoms with van der Waals surface area (Å²) in [5.74, 6) is 0.803. The molecule has 3 rings (SSSR count). The summed E-state index contributed by atoms with van der Waals surface area (Å²) in [7, 11) is 0. The lowest BCUT2D eigenvalue weighted by Crippen LogP contribution is -2.02. The van der Waals surface area contributed by atoms with E-state index in [9.17, 15) is 0 Å². The van der Waals surface area contributed by atoms with Gasteiger partial charge in [0.25, 0.3) is 0 Å². The normalized spacial score (nSPS) is 11.5. The van der Waals surface area contributed by atoms with Crippen LogP contribution in [0.3, 0.4) is 0 Å². The highest BCUT2D eigenvalue weighted by atomic mass is 15.3. The first-order valence-corrected chi connectivity index (χ1v) is 5.60. The molecule has 2 aromatic heterocycles. The number of benzene rings is 1. The lowest BCUT2D eigenvalue weighted by Gasteiger charge is -2.08. The molecule has 0 aliphatic heterocycles. The number of hydrogen-bond acceptors (Lipinski definition) is 3. The molecule has 0 saturated heterocycles. The van der Waals surface area contributed by atoms with Gasteiger partial charge < -0.3 is 4.57 Å². The highest BCUT2D eigenvalue weighted by Crippen LogP contribution is 2.25. The predicted octanol–water partition coefficient (Wildman–Crippen LogP) is 2.40. The summed E-state index contributed by atoms with van der Waals surface area (Å²) >= 11 is 0. The van der Waals surface area contributed by atoms with E-state index in [0.29, 0.717) is 6.04 Å². The zero-order valence-corrected chi connectivity index (χ0v) is 9.75. The molecule has 0 atom stereocenters. The molecule has 0 aliphatic carbocycles. The molecule has 17 heavy (non-hydrogen) atoms. The van der Waals surface area contributed by atoms with Gasteiger partial charge in [0, 0.05) is 11.4 Å². The van der Waals surface area contributed by atoms with Crippen molar-refractivity contribution in [3.63, 3.8) is 0 Å². The number of rotatable bonds is 2. The Morgan fingerprint density at radius 2 is 2.06 bits per heavy atom. The van der Waals surface area contributed by atoms with Crippen LogP contribution in [0.25, 0.3) is 22.4 Å². The van der Waals surface area contributed by atoms with Gasteiger partial charge in [-0.05, 0) is 19.9 Å². The SMILES string of the molecule is CC(C)n1cnnc1-c1n[nH]c2ccccc12. The Kier molecular flexibility index (Phi) is 2.18. The van der Waals surface area contributed by atoms with Crippen molar-refractivity contribution in [2.45, 2.75) is 19.9 Å². The van der Waals surface area contributed by atoms with Crippen LogP contribution < -0.4 is 0 Å². The fraction of sp³-hybridized carbons (Fsp3) is 0.250. The number of aromatic nitrogens is 5. The van der Waals surface area contributed by atoms with E-state index in [2.05, 4.69) is 34.2 Å². The molecule has 0 amide bonds. The molecule has 0 fully saturated rings. The minimum atomic E-state index is 0.315. The van der Waals surface area contributed by atoms with E-state index in [1.54, 1.807) is 6.33 Å². The first kappa shape index (κ1) is 10.0. The van der Waals surface area contributed by atoms with Crippen LogP contribution in [0, 0.1) is 0 Å². The van der Waals surface area contributed by atoms with Crippen molar-refractivity contribution in [2.24, 2.45) is 0 Å². The number of nitrogens with zero attached hydrogens (tertiary/aromatic N) is 4. The van der Waals surface area contributed by atoms with Crippen molar-refractivity contribution in [2.75, 3.05) is 0 Å². The van der Waals surface area contributed by atoms with Crippen molar-refractivity contribution >= 4 is 10.9 Å².